The van der Waals surface area contributed by atoms with Crippen molar-refractivity contribution in [3.8, 4) is 0 Å². The zero-order chi connectivity index (χ0) is 35.0. The number of amides is 3. The summed E-state index contributed by atoms with van der Waals surface area (Å²) >= 11 is 0. The molecule has 4 atom stereocenters. The maximum atomic E-state index is 14.1. The van der Waals surface area contributed by atoms with Crippen molar-refractivity contribution >= 4 is 45.5 Å². The van der Waals surface area contributed by atoms with Crippen LogP contribution in [0.3, 0.4) is 0 Å². The summed E-state index contributed by atoms with van der Waals surface area (Å²) in [5.41, 5.74) is 10.8. The van der Waals surface area contributed by atoms with Gasteiger partial charge in [-0.3, -0.25) is 14.4 Å². The van der Waals surface area contributed by atoms with Gasteiger partial charge in [-0.05, 0) is 28.8 Å². The fourth-order valence-corrected chi connectivity index (χ4v) is 6.06. The van der Waals surface area contributed by atoms with Crippen LogP contribution in [0.5, 0.6) is 0 Å². The van der Waals surface area contributed by atoms with Gasteiger partial charge in [-0.25, -0.2) is 9.78 Å². The molecular weight excluding hydrogens is 636 g/mol. The number of H-pyrrole nitrogens is 3. The van der Waals surface area contributed by atoms with Gasteiger partial charge in [0.05, 0.1) is 12.4 Å². The fourth-order valence-electron chi connectivity index (χ4n) is 6.06. The molecule has 4 unspecified atom stereocenters. The van der Waals surface area contributed by atoms with Gasteiger partial charge >= 0.3 is 5.97 Å². The van der Waals surface area contributed by atoms with Crippen molar-refractivity contribution in [3.05, 3.63) is 126 Å². The number of carbonyl (C=O) groups is 4. The molecular formula is C37H38N8O5. The molecule has 0 aliphatic rings. The van der Waals surface area contributed by atoms with Crippen molar-refractivity contribution < 1.29 is 24.3 Å². The zero-order valence-corrected chi connectivity index (χ0v) is 27.1. The molecule has 3 heterocycles. The number of carbonyl (C=O) groups excluding carboxylic acids is 3. The number of benzene rings is 3. The topological polar surface area (TPSA) is 211 Å². The van der Waals surface area contributed by atoms with Gasteiger partial charge in [0, 0.05) is 71.8 Å². The molecule has 0 fully saturated rings. The van der Waals surface area contributed by atoms with Gasteiger partial charge in [0.25, 0.3) is 0 Å². The number of nitrogens with zero attached hydrogens (tertiary/aromatic N) is 1. The highest BCUT2D eigenvalue weighted by Gasteiger charge is 2.31. The second kappa shape index (κ2) is 15.3. The van der Waals surface area contributed by atoms with E-state index in [1.54, 1.807) is 18.6 Å². The number of nitrogens with one attached hydrogen (secondary N) is 6. The molecule has 0 saturated heterocycles. The number of nitrogens with two attached hydrogens (primary N) is 1. The number of hydrogen-bond acceptors (Lipinski definition) is 6. The van der Waals surface area contributed by atoms with Crippen molar-refractivity contribution in [1.82, 2.24) is 35.9 Å². The van der Waals surface area contributed by atoms with E-state index in [0.29, 0.717) is 5.69 Å². The average molecular weight is 675 g/mol. The quantitative estimate of drug-likeness (QED) is 0.0815. The molecule has 9 N–H and O–H groups in total. The van der Waals surface area contributed by atoms with Gasteiger partial charge in [-0.2, -0.15) is 0 Å². The van der Waals surface area contributed by atoms with Crippen LogP contribution in [-0.2, 0) is 44.9 Å². The van der Waals surface area contributed by atoms with Crippen LogP contribution in [0.2, 0.25) is 0 Å². The van der Waals surface area contributed by atoms with E-state index in [0.717, 1.165) is 38.5 Å². The molecule has 6 rings (SSSR count). The molecule has 0 aliphatic carbocycles. The summed E-state index contributed by atoms with van der Waals surface area (Å²) in [6.45, 7) is 0. The van der Waals surface area contributed by atoms with E-state index in [1.807, 2.05) is 78.9 Å². The molecule has 3 aromatic carbocycles. The molecule has 0 spiro atoms. The maximum absolute atomic E-state index is 14.1. The first-order valence-electron chi connectivity index (χ1n) is 16.3. The minimum absolute atomic E-state index is 0.0184. The summed E-state index contributed by atoms with van der Waals surface area (Å²) in [5.74, 6) is -3.09. The van der Waals surface area contributed by atoms with Gasteiger partial charge in [-0.1, -0.05) is 66.7 Å². The lowest BCUT2D eigenvalue weighted by Gasteiger charge is -2.25. The Morgan fingerprint density at radius 1 is 0.640 bits per heavy atom. The van der Waals surface area contributed by atoms with E-state index < -0.39 is 47.9 Å². The van der Waals surface area contributed by atoms with Crippen LogP contribution in [-0.4, -0.2) is 72.9 Å². The minimum Gasteiger partial charge on any atom is -0.480 e. The van der Waals surface area contributed by atoms with E-state index in [4.69, 9.17) is 5.73 Å². The first-order chi connectivity index (χ1) is 24.2. The number of imidazole rings is 1. The second-order valence-corrected chi connectivity index (χ2v) is 12.2. The smallest absolute Gasteiger partial charge is 0.326 e. The number of aromatic nitrogens is 4. The van der Waals surface area contributed by atoms with Gasteiger partial charge in [0.1, 0.15) is 18.1 Å². The van der Waals surface area contributed by atoms with Crippen LogP contribution < -0.4 is 21.7 Å². The fraction of sp³-hybridized carbons (Fsp3) is 0.216. The molecule has 13 heteroatoms. The Bertz CT molecular complexity index is 2090. The lowest BCUT2D eigenvalue weighted by atomic mass is 10.0. The summed E-state index contributed by atoms with van der Waals surface area (Å²) in [6, 6.07) is 19.6. The lowest BCUT2D eigenvalue weighted by molar-refractivity contribution is -0.142. The van der Waals surface area contributed by atoms with Crippen molar-refractivity contribution in [1.29, 1.82) is 0 Å². The van der Waals surface area contributed by atoms with E-state index in [2.05, 4.69) is 35.9 Å². The molecule has 256 valence electrons. The zero-order valence-electron chi connectivity index (χ0n) is 27.1. The molecule has 3 amide bonds. The Morgan fingerprint density at radius 2 is 1.16 bits per heavy atom. The normalized spacial score (nSPS) is 13.7. The number of rotatable bonds is 15. The number of fused-ring (bicyclic) bond motifs is 2. The van der Waals surface area contributed by atoms with Crippen LogP contribution in [0, 0.1) is 0 Å². The Morgan fingerprint density at radius 3 is 1.74 bits per heavy atom. The number of aromatic amines is 3. The van der Waals surface area contributed by atoms with Crippen LogP contribution in [0.15, 0.2) is 104 Å². The first-order valence-corrected chi connectivity index (χ1v) is 16.3. The van der Waals surface area contributed by atoms with E-state index >= 15 is 0 Å². The summed E-state index contributed by atoms with van der Waals surface area (Å²) < 4.78 is 0. The van der Waals surface area contributed by atoms with E-state index in [-0.39, 0.29) is 25.7 Å². The average Bonchev–Trinajstić information content (AvgIpc) is 3.88. The van der Waals surface area contributed by atoms with Crippen molar-refractivity contribution in [3.63, 3.8) is 0 Å². The monoisotopic (exact) mass is 674 g/mol. The molecule has 6 aromatic rings. The largest absolute Gasteiger partial charge is 0.480 e. The van der Waals surface area contributed by atoms with E-state index in [1.165, 1.54) is 6.33 Å². The van der Waals surface area contributed by atoms with Gasteiger partial charge in [0.2, 0.25) is 17.7 Å². The minimum atomic E-state index is -1.28. The third-order valence-corrected chi connectivity index (χ3v) is 8.69. The van der Waals surface area contributed by atoms with Crippen LogP contribution in [0.1, 0.15) is 22.4 Å². The molecule has 3 aromatic heterocycles. The Kier molecular flexibility index (Phi) is 10.3. The maximum Gasteiger partial charge on any atom is 0.326 e. The molecule has 0 aliphatic heterocycles. The molecule has 13 nitrogen and oxygen atoms in total. The number of para-hydroxylation sites is 2. The van der Waals surface area contributed by atoms with Gasteiger partial charge < -0.3 is 41.7 Å². The number of carboxylic acids is 1. The van der Waals surface area contributed by atoms with Gasteiger partial charge in [-0.15, -0.1) is 0 Å². The SMILES string of the molecule is NC(Cc1cnc[nH]1)C(=O)NC(Cc1c[nH]c2ccccc12)C(=O)NC(Cc1ccccc1)C(=O)NC(Cc1c[nH]c2ccccc12)C(=O)O. The predicted octanol–water partition coefficient (Wildman–Crippen LogP) is 2.51. The third-order valence-electron chi connectivity index (χ3n) is 8.69. The standard InChI is InChI=1S/C37H38N8O5/c38-28(17-25-20-39-21-42-25)34(46)43-32(15-23-18-40-29-12-6-4-10-26(23)29)36(48)44-31(14-22-8-2-1-3-9-22)35(47)45-33(37(49)50)16-24-19-41-30-13-7-5-11-27(24)30/h1-13,18-21,28,31-33,40-41H,14-17,38H2,(H,39,42)(H,43,46)(H,44,48)(H,45,47)(H,49,50). The summed E-state index contributed by atoms with van der Waals surface area (Å²) in [7, 11) is 0. The Hall–Kier alpha value is -6.21. The third kappa shape index (κ3) is 8.08. The van der Waals surface area contributed by atoms with Crippen LogP contribution >= 0.6 is 0 Å². The summed E-state index contributed by atoms with van der Waals surface area (Å²) in [6.07, 6.45) is 6.91. The highest BCUT2D eigenvalue weighted by atomic mass is 16.4. The number of hydrogen-bond donors (Lipinski definition) is 8. The molecule has 50 heavy (non-hydrogen) atoms. The van der Waals surface area contributed by atoms with Crippen molar-refractivity contribution in [2.75, 3.05) is 0 Å². The van der Waals surface area contributed by atoms with E-state index in [9.17, 15) is 24.3 Å². The Balaban J connectivity index is 1.24. The van der Waals surface area contributed by atoms with Crippen molar-refractivity contribution in [2.24, 2.45) is 5.73 Å². The lowest BCUT2D eigenvalue weighted by Crippen LogP contribution is -2.58. The number of aliphatic carboxylic acids is 1. The molecule has 0 saturated carbocycles. The first kappa shape index (κ1) is 33.7. The highest BCUT2D eigenvalue weighted by Crippen LogP contribution is 2.21. The molecule has 0 radical (unpaired) electrons. The number of carboxylic acid groups (broad SMARTS) is 1. The highest BCUT2D eigenvalue weighted by molar-refractivity contribution is 5.95. The van der Waals surface area contributed by atoms with Gasteiger partial charge in [0.15, 0.2) is 0 Å². The van der Waals surface area contributed by atoms with Crippen molar-refractivity contribution in [2.45, 2.75) is 49.9 Å². The predicted molar refractivity (Wildman–Crippen MR) is 188 cm³/mol. The molecule has 0 bridgehead atoms. The van der Waals surface area contributed by atoms with Crippen LogP contribution in [0.25, 0.3) is 21.8 Å². The summed E-state index contributed by atoms with van der Waals surface area (Å²) in [5, 5.41) is 20.1. The van der Waals surface area contributed by atoms with Crippen LogP contribution in [0.4, 0.5) is 0 Å². The summed E-state index contributed by atoms with van der Waals surface area (Å²) in [4.78, 5) is 67.0. The second-order valence-electron chi connectivity index (χ2n) is 12.2. The Labute approximate surface area is 287 Å².